The van der Waals surface area contributed by atoms with Gasteiger partial charge in [-0.3, -0.25) is 4.79 Å². The fourth-order valence-corrected chi connectivity index (χ4v) is 4.19. The Morgan fingerprint density at radius 1 is 0.970 bits per heavy atom. The molecule has 2 aromatic heterocycles. The van der Waals surface area contributed by atoms with Gasteiger partial charge in [-0.2, -0.15) is 9.61 Å². The van der Waals surface area contributed by atoms with Crippen molar-refractivity contribution in [1.29, 1.82) is 0 Å². The summed E-state index contributed by atoms with van der Waals surface area (Å²) in [7, 11) is 6.04. The van der Waals surface area contributed by atoms with Crippen molar-refractivity contribution in [3.63, 3.8) is 0 Å². The van der Waals surface area contributed by atoms with Gasteiger partial charge in [0.15, 0.2) is 17.3 Å². The standard InChI is InChI=1S/C22H23N5O5S/c1-6-18-24-25-22-27(18)26-21(33-22)12-7-8-15(29-2)14(9-12)23-20(28)13-10-16(30-3)19(32-5)17(11-13)31-4/h7-11H,6H2,1-5H3,(H,23,28). The zero-order chi connectivity index (χ0) is 23.5. The number of ether oxygens (including phenoxy) is 4. The van der Waals surface area contributed by atoms with E-state index in [-0.39, 0.29) is 5.91 Å². The number of nitrogens with zero attached hydrogens (tertiary/aromatic N) is 4. The largest absolute Gasteiger partial charge is 0.495 e. The second kappa shape index (κ2) is 9.33. The number of benzene rings is 2. The van der Waals surface area contributed by atoms with Gasteiger partial charge < -0.3 is 24.3 Å². The molecule has 33 heavy (non-hydrogen) atoms. The van der Waals surface area contributed by atoms with E-state index in [0.717, 1.165) is 22.8 Å². The van der Waals surface area contributed by atoms with Crippen LogP contribution in [0.15, 0.2) is 30.3 Å². The fraction of sp³-hybridized carbons (Fsp3) is 0.273. The van der Waals surface area contributed by atoms with Crippen molar-refractivity contribution >= 4 is 27.9 Å². The molecule has 2 heterocycles. The van der Waals surface area contributed by atoms with E-state index in [1.807, 2.05) is 19.1 Å². The smallest absolute Gasteiger partial charge is 0.256 e. The summed E-state index contributed by atoms with van der Waals surface area (Å²) in [5.74, 6) is 2.11. The topological polar surface area (TPSA) is 109 Å². The molecule has 0 aliphatic heterocycles. The molecule has 4 rings (SSSR count). The van der Waals surface area contributed by atoms with Crippen LogP contribution in [0.25, 0.3) is 15.5 Å². The molecule has 4 aromatic rings. The van der Waals surface area contributed by atoms with Gasteiger partial charge in [-0.1, -0.05) is 18.3 Å². The van der Waals surface area contributed by atoms with Crippen molar-refractivity contribution in [2.75, 3.05) is 33.8 Å². The minimum Gasteiger partial charge on any atom is -0.495 e. The second-order valence-corrected chi connectivity index (χ2v) is 7.81. The molecule has 1 amide bonds. The number of aromatic nitrogens is 4. The normalized spacial score (nSPS) is 10.8. The number of aryl methyl sites for hydroxylation is 1. The first-order valence-electron chi connectivity index (χ1n) is 10.0. The van der Waals surface area contributed by atoms with Crippen LogP contribution in [0.1, 0.15) is 23.1 Å². The number of rotatable bonds is 8. The number of hydrogen-bond donors (Lipinski definition) is 1. The van der Waals surface area contributed by atoms with Crippen molar-refractivity contribution in [3.8, 4) is 33.6 Å². The van der Waals surface area contributed by atoms with Crippen molar-refractivity contribution in [3.05, 3.63) is 41.7 Å². The van der Waals surface area contributed by atoms with Crippen molar-refractivity contribution in [1.82, 2.24) is 19.8 Å². The Kier molecular flexibility index (Phi) is 6.31. The number of hydrogen-bond acceptors (Lipinski definition) is 9. The van der Waals surface area contributed by atoms with Crippen LogP contribution < -0.4 is 24.3 Å². The van der Waals surface area contributed by atoms with Gasteiger partial charge in [-0.25, -0.2) is 0 Å². The Labute approximate surface area is 194 Å². The SMILES string of the molecule is CCc1nnc2sc(-c3ccc(OC)c(NC(=O)c4cc(OC)c(OC)c(OC)c4)c3)nn12. The monoisotopic (exact) mass is 469 g/mol. The van der Waals surface area contributed by atoms with Crippen LogP contribution in [0, 0.1) is 0 Å². The molecule has 0 unspecified atom stereocenters. The molecule has 0 aliphatic carbocycles. The second-order valence-electron chi connectivity index (χ2n) is 6.85. The number of carbonyl (C=O) groups excluding carboxylic acids is 1. The lowest BCUT2D eigenvalue weighted by atomic mass is 10.1. The summed E-state index contributed by atoms with van der Waals surface area (Å²) < 4.78 is 23.2. The molecule has 0 fully saturated rings. The summed E-state index contributed by atoms with van der Waals surface area (Å²) in [4.78, 5) is 13.8. The lowest BCUT2D eigenvalue weighted by Crippen LogP contribution is -2.13. The summed E-state index contributed by atoms with van der Waals surface area (Å²) in [5, 5.41) is 16.6. The van der Waals surface area contributed by atoms with Crippen LogP contribution in [0.4, 0.5) is 5.69 Å². The van der Waals surface area contributed by atoms with E-state index < -0.39 is 0 Å². The Morgan fingerprint density at radius 3 is 2.27 bits per heavy atom. The predicted molar refractivity (Wildman–Crippen MR) is 124 cm³/mol. The third-order valence-corrected chi connectivity index (χ3v) is 5.94. The zero-order valence-corrected chi connectivity index (χ0v) is 19.6. The van der Waals surface area contributed by atoms with Gasteiger partial charge in [-0.05, 0) is 30.3 Å². The molecule has 10 nitrogen and oxygen atoms in total. The molecule has 0 aliphatic rings. The van der Waals surface area contributed by atoms with E-state index in [4.69, 9.17) is 18.9 Å². The Hall–Kier alpha value is -3.86. The van der Waals surface area contributed by atoms with E-state index in [1.54, 1.807) is 29.8 Å². The van der Waals surface area contributed by atoms with Crippen LogP contribution in [0.2, 0.25) is 0 Å². The number of amides is 1. The first-order chi connectivity index (χ1) is 16.0. The van der Waals surface area contributed by atoms with E-state index in [0.29, 0.717) is 39.2 Å². The number of anilines is 1. The number of methoxy groups -OCH3 is 4. The Balaban J connectivity index is 1.68. The van der Waals surface area contributed by atoms with Gasteiger partial charge in [-0.15, -0.1) is 10.2 Å². The Morgan fingerprint density at radius 2 is 1.67 bits per heavy atom. The highest BCUT2D eigenvalue weighted by atomic mass is 32.1. The van der Waals surface area contributed by atoms with E-state index in [9.17, 15) is 4.79 Å². The highest BCUT2D eigenvalue weighted by Crippen LogP contribution is 2.39. The van der Waals surface area contributed by atoms with E-state index in [1.165, 1.54) is 32.7 Å². The maximum atomic E-state index is 13.1. The molecule has 0 saturated carbocycles. The van der Waals surface area contributed by atoms with Gasteiger partial charge in [0.1, 0.15) is 10.8 Å². The summed E-state index contributed by atoms with van der Waals surface area (Å²) in [6.07, 6.45) is 0.725. The molecule has 0 bridgehead atoms. The average Bonchev–Trinajstić information content (AvgIpc) is 3.43. The molecular formula is C22H23N5O5S. The maximum Gasteiger partial charge on any atom is 0.256 e. The van der Waals surface area contributed by atoms with Crippen LogP contribution in [0.3, 0.4) is 0 Å². The number of carbonyl (C=O) groups is 1. The summed E-state index contributed by atoms with van der Waals surface area (Å²) in [6.45, 7) is 2.00. The third kappa shape index (κ3) is 4.14. The van der Waals surface area contributed by atoms with Crippen LogP contribution in [-0.4, -0.2) is 54.2 Å². The molecule has 0 saturated heterocycles. The fourth-order valence-electron chi connectivity index (χ4n) is 3.34. The number of nitrogens with one attached hydrogen (secondary N) is 1. The van der Waals surface area contributed by atoms with E-state index in [2.05, 4.69) is 20.6 Å². The minimum absolute atomic E-state index is 0.336. The minimum atomic E-state index is -0.365. The van der Waals surface area contributed by atoms with Crippen molar-refractivity contribution in [2.24, 2.45) is 0 Å². The lowest BCUT2D eigenvalue weighted by molar-refractivity contribution is 0.102. The van der Waals surface area contributed by atoms with Crippen LogP contribution >= 0.6 is 11.3 Å². The summed E-state index contributed by atoms with van der Waals surface area (Å²) in [6, 6.07) is 8.64. The van der Waals surface area contributed by atoms with Crippen molar-refractivity contribution < 1.29 is 23.7 Å². The molecule has 11 heteroatoms. The highest BCUT2D eigenvalue weighted by Gasteiger charge is 2.19. The summed E-state index contributed by atoms with van der Waals surface area (Å²) >= 11 is 1.42. The first kappa shape index (κ1) is 22.3. The molecule has 0 radical (unpaired) electrons. The summed E-state index contributed by atoms with van der Waals surface area (Å²) in [5.41, 5.74) is 1.65. The lowest BCUT2D eigenvalue weighted by Gasteiger charge is -2.15. The predicted octanol–water partition coefficient (Wildman–Crippen LogP) is 3.70. The molecule has 0 spiro atoms. The van der Waals surface area contributed by atoms with Crippen LogP contribution in [-0.2, 0) is 6.42 Å². The first-order valence-corrected chi connectivity index (χ1v) is 10.8. The van der Waals surface area contributed by atoms with Gasteiger partial charge in [0.25, 0.3) is 5.91 Å². The quantitative estimate of drug-likeness (QED) is 0.416. The molecule has 0 atom stereocenters. The molecule has 1 N–H and O–H groups in total. The third-order valence-electron chi connectivity index (χ3n) is 4.99. The molecular weight excluding hydrogens is 446 g/mol. The zero-order valence-electron chi connectivity index (χ0n) is 18.8. The Bertz CT molecular complexity index is 1290. The number of fused-ring (bicyclic) bond motifs is 1. The van der Waals surface area contributed by atoms with Gasteiger partial charge in [0, 0.05) is 17.5 Å². The molecule has 172 valence electrons. The van der Waals surface area contributed by atoms with Gasteiger partial charge in [0.2, 0.25) is 10.7 Å². The maximum absolute atomic E-state index is 13.1. The van der Waals surface area contributed by atoms with Gasteiger partial charge in [0.05, 0.1) is 34.1 Å². The van der Waals surface area contributed by atoms with E-state index >= 15 is 0 Å². The van der Waals surface area contributed by atoms with Crippen LogP contribution in [0.5, 0.6) is 23.0 Å². The molecule has 2 aromatic carbocycles. The highest BCUT2D eigenvalue weighted by molar-refractivity contribution is 7.19. The average molecular weight is 470 g/mol. The van der Waals surface area contributed by atoms with Crippen molar-refractivity contribution in [2.45, 2.75) is 13.3 Å². The van der Waals surface area contributed by atoms with Gasteiger partial charge >= 0.3 is 0 Å².